The van der Waals surface area contributed by atoms with Crippen molar-refractivity contribution in [1.29, 1.82) is 0 Å². The summed E-state index contributed by atoms with van der Waals surface area (Å²) in [5, 5.41) is 0. The van der Waals surface area contributed by atoms with Crippen LogP contribution in [0.2, 0.25) is 0 Å². The minimum Gasteiger partial charge on any atom is -0.449 e. The van der Waals surface area contributed by atoms with Gasteiger partial charge in [0.05, 0.1) is 0 Å². The Morgan fingerprint density at radius 1 is 0.322 bits per heavy atom. The molecule has 280 valence electrons. The quantitative estimate of drug-likeness (QED) is 0.169. The van der Waals surface area contributed by atoms with Gasteiger partial charge in [-0.15, -0.1) is 0 Å². The highest BCUT2D eigenvalue weighted by molar-refractivity contribution is 5.85. The average Bonchev–Trinajstić information content (AvgIpc) is 3.52. The van der Waals surface area contributed by atoms with Gasteiger partial charge >= 0.3 is 0 Å². The number of benzene rings is 8. The van der Waals surface area contributed by atoms with E-state index in [1.54, 1.807) is 0 Å². The molecule has 1 aliphatic heterocycles. The predicted octanol–water partition coefficient (Wildman–Crippen LogP) is 14.1. The van der Waals surface area contributed by atoms with E-state index < -0.39 is 0 Å². The maximum absolute atomic E-state index is 6.81. The Hall–Kier alpha value is -7.63. The summed E-state index contributed by atoms with van der Waals surface area (Å²) in [6.45, 7) is 4.55. The molecule has 0 amide bonds. The molecule has 0 unspecified atom stereocenters. The molecule has 59 heavy (non-hydrogen) atoms. The summed E-state index contributed by atoms with van der Waals surface area (Å²) >= 11 is 0. The fraction of sp³-hybridized carbons (Fsp3) is 0.0556. The summed E-state index contributed by atoms with van der Waals surface area (Å²) in [5.41, 5.74) is 13.8. The van der Waals surface area contributed by atoms with Crippen molar-refractivity contribution in [3.8, 4) is 102 Å². The molecule has 0 bridgehead atoms. The highest BCUT2D eigenvalue weighted by atomic mass is 16.6. The Kier molecular flexibility index (Phi) is 8.09. The van der Waals surface area contributed by atoms with Gasteiger partial charge in [-0.2, -0.15) is 0 Å². The maximum Gasteiger partial charge on any atom is 0.177 e. The minimum absolute atomic E-state index is 0.160. The topological polar surface area (TPSA) is 57.1 Å². The third kappa shape index (κ3) is 6.07. The number of hydrogen-bond donors (Lipinski definition) is 0. The molecule has 11 rings (SSSR count). The second kappa shape index (κ2) is 13.8. The second-order valence-electron chi connectivity index (χ2n) is 15.6. The Labute approximate surface area is 343 Å². The van der Waals surface area contributed by atoms with Crippen LogP contribution in [0.3, 0.4) is 0 Å². The number of hydrogen-bond acceptors (Lipinski definition) is 5. The van der Waals surface area contributed by atoms with E-state index in [2.05, 4.69) is 172 Å². The number of para-hydroxylation sites is 1. The molecule has 0 N–H and O–H groups in total. The summed E-state index contributed by atoms with van der Waals surface area (Å²) in [6, 6.07) is 64.8. The predicted molar refractivity (Wildman–Crippen MR) is 237 cm³/mol. The first-order valence-electron chi connectivity index (χ1n) is 19.9. The van der Waals surface area contributed by atoms with Gasteiger partial charge in [-0.05, 0) is 86.5 Å². The van der Waals surface area contributed by atoms with Crippen LogP contribution in [-0.2, 0) is 5.41 Å². The molecule has 1 aliphatic carbocycles. The first-order chi connectivity index (χ1) is 29.0. The van der Waals surface area contributed by atoms with Crippen LogP contribution in [0.15, 0.2) is 188 Å². The molecule has 0 saturated heterocycles. The summed E-state index contributed by atoms with van der Waals surface area (Å²) in [6.07, 6.45) is 0. The molecule has 5 heteroatoms. The van der Waals surface area contributed by atoms with Crippen LogP contribution in [0.5, 0.6) is 23.0 Å². The number of nitrogens with zero attached hydrogens (tertiary/aromatic N) is 3. The summed E-state index contributed by atoms with van der Waals surface area (Å²) in [7, 11) is 0. The highest BCUT2D eigenvalue weighted by Gasteiger charge is 2.37. The lowest BCUT2D eigenvalue weighted by molar-refractivity contribution is 0.360. The fourth-order valence-corrected chi connectivity index (χ4v) is 8.55. The molecular weight excluding hydrogens is 723 g/mol. The standard InChI is InChI=1S/C54H37N3O2/c1-54(2)45-27-10-9-25-43(45)44-32-48-49(33-46(44)54)59-50-42(26-14-28-47(50)58-48)38-21-13-24-41(31-38)53-56-51(39-22-11-19-36(29-39)34-15-5-3-6-16-34)55-52(57-53)40-23-12-20-37(30-40)35-17-7-4-8-18-35/h3-33H,1-2H3. The Balaban J connectivity index is 1.00. The summed E-state index contributed by atoms with van der Waals surface area (Å²) in [5.74, 6) is 4.55. The van der Waals surface area contributed by atoms with E-state index in [1.165, 1.54) is 22.3 Å². The number of fused-ring (bicyclic) bond motifs is 5. The minimum atomic E-state index is -0.160. The van der Waals surface area contributed by atoms with Crippen LogP contribution in [0.25, 0.3) is 78.7 Å². The first-order valence-corrected chi connectivity index (χ1v) is 19.9. The second-order valence-corrected chi connectivity index (χ2v) is 15.6. The van der Waals surface area contributed by atoms with Crippen molar-refractivity contribution in [3.05, 3.63) is 199 Å². The Morgan fingerprint density at radius 2 is 0.780 bits per heavy atom. The van der Waals surface area contributed by atoms with Crippen LogP contribution in [0.4, 0.5) is 0 Å². The lowest BCUT2D eigenvalue weighted by Gasteiger charge is -2.26. The third-order valence-corrected chi connectivity index (χ3v) is 11.6. The van der Waals surface area contributed by atoms with Crippen molar-refractivity contribution in [2.45, 2.75) is 19.3 Å². The SMILES string of the molecule is CC1(C)c2ccccc2-c2cc3c(cc21)Oc1c(cccc1-c1cccc(-c2nc(-c4cccc(-c5ccccc5)c4)nc(-c4cccc(-c5ccccc5)c4)n2)c1)O3. The van der Waals surface area contributed by atoms with Gasteiger partial charge in [-0.1, -0.05) is 166 Å². The molecule has 2 aliphatic rings. The molecule has 0 spiro atoms. The zero-order valence-corrected chi connectivity index (χ0v) is 32.6. The summed E-state index contributed by atoms with van der Waals surface area (Å²) in [4.78, 5) is 15.4. The molecule has 1 aromatic heterocycles. The lowest BCUT2D eigenvalue weighted by Crippen LogP contribution is -2.15. The van der Waals surface area contributed by atoms with Gasteiger partial charge in [-0.3, -0.25) is 0 Å². The van der Waals surface area contributed by atoms with E-state index in [0.29, 0.717) is 40.5 Å². The molecule has 0 saturated carbocycles. The largest absolute Gasteiger partial charge is 0.449 e. The zero-order chi connectivity index (χ0) is 39.5. The van der Waals surface area contributed by atoms with Gasteiger partial charge in [0.2, 0.25) is 0 Å². The molecule has 0 radical (unpaired) electrons. The number of ether oxygens (including phenoxy) is 2. The van der Waals surface area contributed by atoms with Gasteiger partial charge in [-0.25, -0.2) is 15.0 Å². The lowest BCUT2D eigenvalue weighted by atomic mass is 9.82. The third-order valence-electron chi connectivity index (χ3n) is 11.6. The molecular formula is C54H37N3O2. The highest BCUT2D eigenvalue weighted by Crippen LogP contribution is 2.56. The molecule has 5 nitrogen and oxygen atoms in total. The Bertz CT molecular complexity index is 2980. The molecule has 0 fully saturated rings. The van der Waals surface area contributed by atoms with Gasteiger partial charge in [0.1, 0.15) is 0 Å². The molecule has 8 aromatic carbocycles. The van der Waals surface area contributed by atoms with Crippen molar-refractivity contribution in [1.82, 2.24) is 15.0 Å². The van der Waals surface area contributed by atoms with Crippen molar-refractivity contribution in [3.63, 3.8) is 0 Å². The van der Waals surface area contributed by atoms with Gasteiger partial charge in [0.15, 0.2) is 40.5 Å². The Morgan fingerprint density at radius 3 is 1.39 bits per heavy atom. The van der Waals surface area contributed by atoms with Crippen LogP contribution in [0, 0.1) is 0 Å². The van der Waals surface area contributed by atoms with Crippen molar-refractivity contribution in [2.75, 3.05) is 0 Å². The van der Waals surface area contributed by atoms with Crippen LogP contribution in [-0.4, -0.2) is 15.0 Å². The number of rotatable bonds is 6. The maximum atomic E-state index is 6.81. The fourth-order valence-electron chi connectivity index (χ4n) is 8.55. The van der Waals surface area contributed by atoms with Crippen molar-refractivity contribution < 1.29 is 9.47 Å². The van der Waals surface area contributed by atoms with Gasteiger partial charge in [0.25, 0.3) is 0 Å². The van der Waals surface area contributed by atoms with E-state index in [-0.39, 0.29) is 5.41 Å². The van der Waals surface area contributed by atoms with E-state index >= 15 is 0 Å². The smallest absolute Gasteiger partial charge is 0.177 e. The normalized spacial score (nSPS) is 13.0. The van der Waals surface area contributed by atoms with Crippen LogP contribution in [0.1, 0.15) is 25.0 Å². The van der Waals surface area contributed by atoms with E-state index in [0.717, 1.165) is 50.1 Å². The zero-order valence-electron chi connectivity index (χ0n) is 32.6. The van der Waals surface area contributed by atoms with E-state index in [4.69, 9.17) is 24.4 Å². The number of aromatic nitrogens is 3. The van der Waals surface area contributed by atoms with Gasteiger partial charge in [0, 0.05) is 27.7 Å². The van der Waals surface area contributed by atoms with Crippen LogP contribution < -0.4 is 9.47 Å². The molecule has 2 heterocycles. The molecule has 9 aromatic rings. The van der Waals surface area contributed by atoms with Crippen molar-refractivity contribution >= 4 is 0 Å². The average molecular weight is 760 g/mol. The molecule has 0 atom stereocenters. The van der Waals surface area contributed by atoms with Crippen molar-refractivity contribution in [2.24, 2.45) is 0 Å². The summed E-state index contributed by atoms with van der Waals surface area (Å²) < 4.78 is 13.4. The van der Waals surface area contributed by atoms with Gasteiger partial charge < -0.3 is 9.47 Å². The first kappa shape index (κ1) is 34.6. The monoisotopic (exact) mass is 759 g/mol. The van der Waals surface area contributed by atoms with Crippen LogP contribution >= 0.6 is 0 Å². The van der Waals surface area contributed by atoms with E-state index in [1.807, 2.05) is 30.3 Å². The van der Waals surface area contributed by atoms with E-state index in [9.17, 15) is 0 Å².